The molecule has 2 saturated carbocycles. The van der Waals surface area contributed by atoms with E-state index in [-0.39, 0.29) is 24.0 Å². The average Bonchev–Trinajstić information content (AvgIpc) is 3.24. The Balaban J connectivity index is 0.00000192. The third-order valence-electron chi connectivity index (χ3n) is 5.25. The summed E-state index contributed by atoms with van der Waals surface area (Å²) in [5, 5.41) is 11.0. The summed E-state index contributed by atoms with van der Waals surface area (Å²) in [5.74, 6) is 3.57. The molecule has 2 aliphatic carbocycles. The molecule has 0 radical (unpaired) electrons. The normalized spacial score (nSPS) is 24.9. The molecule has 2 aliphatic rings. The van der Waals surface area contributed by atoms with Crippen molar-refractivity contribution in [1.29, 1.82) is 0 Å². The summed E-state index contributed by atoms with van der Waals surface area (Å²) in [5.41, 5.74) is 2.08. The molecule has 130 valence electrons. The fraction of sp³-hybridized carbons (Fsp3) is 0.765. The number of guanidine groups is 1. The van der Waals surface area contributed by atoms with Gasteiger partial charge in [-0.05, 0) is 32.1 Å². The molecule has 2 atom stereocenters. The van der Waals surface area contributed by atoms with Crippen LogP contribution in [0.25, 0.3) is 0 Å². The number of aromatic nitrogens is 1. The van der Waals surface area contributed by atoms with Crippen LogP contribution in [0, 0.1) is 25.7 Å². The maximum Gasteiger partial charge on any atom is 0.191 e. The van der Waals surface area contributed by atoms with Gasteiger partial charge in [0, 0.05) is 25.2 Å². The topological polar surface area (TPSA) is 62.5 Å². The van der Waals surface area contributed by atoms with E-state index in [9.17, 15) is 0 Å². The molecule has 0 saturated heterocycles. The van der Waals surface area contributed by atoms with E-state index in [1.54, 1.807) is 0 Å². The smallest absolute Gasteiger partial charge is 0.191 e. The van der Waals surface area contributed by atoms with Crippen molar-refractivity contribution < 1.29 is 4.52 Å². The Labute approximate surface area is 156 Å². The van der Waals surface area contributed by atoms with E-state index in [1.807, 2.05) is 20.9 Å². The lowest BCUT2D eigenvalue weighted by atomic mass is 9.85. The largest absolute Gasteiger partial charge is 0.361 e. The molecule has 3 rings (SSSR count). The van der Waals surface area contributed by atoms with Gasteiger partial charge in [-0.1, -0.05) is 37.3 Å². The van der Waals surface area contributed by atoms with Crippen LogP contribution in [0.4, 0.5) is 0 Å². The van der Waals surface area contributed by atoms with E-state index in [4.69, 9.17) is 4.52 Å². The molecule has 0 aliphatic heterocycles. The highest BCUT2D eigenvalue weighted by Gasteiger charge is 2.43. The van der Waals surface area contributed by atoms with Gasteiger partial charge in [0.15, 0.2) is 5.96 Å². The predicted molar refractivity (Wildman–Crippen MR) is 103 cm³/mol. The molecule has 0 bridgehead atoms. The van der Waals surface area contributed by atoms with Gasteiger partial charge < -0.3 is 15.2 Å². The second kappa shape index (κ2) is 8.35. The molecular weight excluding hydrogens is 403 g/mol. The molecule has 1 heterocycles. The van der Waals surface area contributed by atoms with Crippen molar-refractivity contribution in [3.05, 3.63) is 17.0 Å². The van der Waals surface area contributed by atoms with E-state index in [0.29, 0.717) is 12.6 Å². The second-order valence-corrected chi connectivity index (χ2v) is 6.78. The van der Waals surface area contributed by atoms with Gasteiger partial charge in [0.1, 0.15) is 5.76 Å². The van der Waals surface area contributed by atoms with Crippen LogP contribution in [0.15, 0.2) is 9.52 Å². The maximum atomic E-state index is 5.20. The molecule has 0 spiro atoms. The Morgan fingerprint density at radius 2 is 2.00 bits per heavy atom. The Morgan fingerprint density at radius 1 is 1.26 bits per heavy atom. The summed E-state index contributed by atoms with van der Waals surface area (Å²) >= 11 is 0. The quantitative estimate of drug-likeness (QED) is 0.434. The molecule has 0 aromatic carbocycles. The standard InChI is InChI=1S/C17H28N4O.HI/c1-11-15(12(2)22-21-11)10-19-17(18-3)20-16-9-14(16)13-7-5-4-6-8-13;/h13-14,16H,4-10H2,1-3H3,(H2,18,19,20);1H. The first kappa shape index (κ1) is 18.5. The molecule has 23 heavy (non-hydrogen) atoms. The lowest BCUT2D eigenvalue weighted by Gasteiger charge is -2.22. The minimum absolute atomic E-state index is 0. The predicted octanol–water partition coefficient (Wildman–Crippen LogP) is 3.54. The van der Waals surface area contributed by atoms with Crippen LogP contribution >= 0.6 is 24.0 Å². The van der Waals surface area contributed by atoms with E-state index in [2.05, 4.69) is 20.8 Å². The average molecular weight is 432 g/mol. The minimum Gasteiger partial charge on any atom is -0.361 e. The summed E-state index contributed by atoms with van der Waals surface area (Å²) in [6, 6.07) is 0.610. The number of hydrogen-bond donors (Lipinski definition) is 2. The Kier molecular flexibility index (Phi) is 6.73. The third kappa shape index (κ3) is 4.61. The summed E-state index contributed by atoms with van der Waals surface area (Å²) in [6.45, 7) is 4.64. The molecule has 0 amide bonds. The second-order valence-electron chi connectivity index (χ2n) is 6.78. The first-order valence-electron chi connectivity index (χ1n) is 8.58. The lowest BCUT2D eigenvalue weighted by molar-refractivity contribution is 0.315. The SMILES string of the molecule is CN=C(NCc1c(C)noc1C)NC1CC1C1CCCCC1.I. The van der Waals surface area contributed by atoms with Gasteiger partial charge in [-0.25, -0.2) is 0 Å². The van der Waals surface area contributed by atoms with Crippen LogP contribution in [0.2, 0.25) is 0 Å². The van der Waals surface area contributed by atoms with Crippen LogP contribution in [0.1, 0.15) is 55.5 Å². The molecule has 5 nitrogen and oxygen atoms in total. The number of hydrogen-bond acceptors (Lipinski definition) is 3. The highest BCUT2D eigenvalue weighted by molar-refractivity contribution is 14.0. The van der Waals surface area contributed by atoms with E-state index in [1.165, 1.54) is 38.5 Å². The zero-order valence-corrected chi connectivity index (χ0v) is 16.7. The van der Waals surface area contributed by atoms with E-state index >= 15 is 0 Å². The lowest BCUT2D eigenvalue weighted by Crippen LogP contribution is -2.39. The van der Waals surface area contributed by atoms with Gasteiger partial charge in [-0.3, -0.25) is 4.99 Å². The van der Waals surface area contributed by atoms with Gasteiger partial charge in [0.05, 0.1) is 5.69 Å². The van der Waals surface area contributed by atoms with Crippen LogP contribution in [0.5, 0.6) is 0 Å². The monoisotopic (exact) mass is 432 g/mol. The molecule has 2 unspecified atom stereocenters. The minimum atomic E-state index is 0. The molecule has 2 N–H and O–H groups in total. The van der Waals surface area contributed by atoms with Crippen LogP contribution in [-0.2, 0) is 6.54 Å². The summed E-state index contributed by atoms with van der Waals surface area (Å²) in [7, 11) is 1.83. The molecule has 2 fully saturated rings. The third-order valence-corrected chi connectivity index (χ3v) is 5.25. The number of nitrogens with zero attached hydrogens (tertiary/aromatic N) is 2. The van der Waals surface area contributed by atoms with Crippen molar-refractivity contribution in [2.45, 2.75) is 65.0 Å². The zero-order valence-electron chi connectivity index (χ0n) is 14.4. The zero-order chi connectivity index (χ0) is 15.5. The van der Waals surface area contributed by atoms with Gasteiger partial charge in [-0.15, -0.1) is 24.0 Å². The first-order valence-corrected chi connectivity index (χ1v) is 8.58. The van der Waals surface area contributed by atoms with E-state index < -0.39 is 0 Å². The number of aryl methyl sites for hydroxylation is 2. The van der Waals surface area contributed by atoms with Gasteiger partial charge in [0.25, 0.3) is 0 Å². The fourth-order valence-electron chi connectivity index (χ4n) is 3.76. The van der Waals surface area contributed by atoms with E-state index in [0.717, 1.165) is 34.8 Å². The van der Waals surface area contributed by atoms with Gasteiger partial charge in [0.2, 0.25) is 0 Å². The van der Waals surface area contributed by atoms with Crippen LogP contribution in [-0.4, -0.2) is 24.2 Å². The highest BCUT2D eigenvalue weighted by Crippen LogP contribution is 2.44. The van der Waals surface area contributed by atoms with Crippen molar-refractivity contribution in [2.75, 3.05) is 7.05 Å². The van der Waals surface area contributed by atoms with Crippen molar-refractivity contribution in [2.24, 2.45) is 16.8 Å². The molecule has 1 aromatic heterocycles. The first-order chi connectivity index (χ1) is 10.7. The molecular formula is C17H29IN4O. The van der Waals surface area contributed by atoms with Gasteiger partial charge in [-0.2, -0.15) is 0 Å². The van der Waals surface area contributed by atoms with Crippen LogP contribution in [0.3, 0.4) is 0 Å². The molecule has 1 aromatic rings. The highest BCUT2D eigenvalue weighted by atomic mass is 127. The summed E-state index contributed by atoms with van der Waals surface area (Å²) in [4.78, 5) is 4.35. The fourth-order valence-corrected chi connectivity index (χ4v) is 3.76. The number of halogens is 1. The van der Waals surface area contributed by atoms with Crippen molar-refractivity contribution in [1.82, 2.24) is 15.8 Å². The van der Waals surface area contributed by atoms with Gasteiger partial charge >= 0.3 is 0 Å². The number of nitrogens with one attached hydrogen (secondary N) is 2. The van der Waals surface area contributed by atoms with Crippen LogP contribution < -0.4 is 10.6 Å². The Hall–Kier alpha value is -0.790. The summed E-state index contributed by atoms with van der Waals surface area (Å²) in [6.07, 6.45) is 8.43. The maximum absolute atomic E-state index is 5.20. The number of rotatable bonds is 4. The Morgan fingerprint density at radius 3 is 2.61 bits per heavy atom. The number of aliphatic imine (C=N–C) groups is 1. The Bertz CT molecular complexity index is 517. The molecule has 6 heteroatoms. The van der Waals surface area contributed by atoms with Crippen molar-refractivity contribution in [3.63, 3.8) is 0 Å². The van der Waals surface area contributed by atoms with Crippen molar-refractivity contribution >= 4 is 29.9 Å². The summed E-state index contributed by atoms with van der Waals surface area (Å²) < 4.78 is 5.20. The van der Waals surface area contributed by atoms with Crippen molar-refractivity contribution in [3.8, 4) is 0 Å².